The Morgan fingerprint density at radius 3 is 2.70 bits per heavy atom. The van der Waals surface area contributed by atoms with E-state index in [9.17, 15) is 12.8 Å². The summed E-state index contributed by atoms with van der Waals surface area (Å²) in [7, 11) is -3.45. The third-order valence-corrected chi connectivity index (χ3v) is 7.06. The lowest BCUT2D eigenvalue weighted by molar-refractivity contribution is 0.304. The molecule has 0 amide bonds. The lowest BCUT2D eigenvalue weighted by atomic mass is 10.1. The largest absolute Gasteiger partial charge is 0.490 e. The zero-order valence-corrected chi connectivity index (χ0v) is 17.3. The molecule has 0 spiro atoms. The zero-order chi connectivity index (χ0) is 21.0. The van der Waals surface area contributed by atoms with Crippen molar-refractivity contribution in [3.8, 4) is 5.75 Å². The molecule has 6 nitrogen and oxygen atoms in total. The quantitative estimate of drug-likeness (QED) is 0.590. The van der Waals surface area contributed by atoms with Gasteiger partial charge in [-0.05, 0) is 36.6 Å². The van der Waals surface area contributed by atoms with Gasteiger partial charge in [0.25, 0.3) is 0 Å². The highest BCUT2D eigenvalue weighted by atomic mass is 32.2. The molecule has 2 heterocycles. The number of ether oxygens (including phenoxy) is 1. The van der Waals surface area contributed by atoms with Gasteiger partial charge in [-0.2, -0.15) is 9.40 Å². The van der Waals surface area contributed by atoms with Crippen LogP contribution in [0.1, 0.15) is 35.8 Å². The van der Waals surface area contributed by atoms with Crippen LogP contribution < -0.4 is 4.74 Å². The van der Waals surface area contributed by atoms with E-state index < -0.39 is 15.8 Å². The first-order chi connectivity index (χ1) is 14.5. The van der Waals surface area contributed by atoms with Gasteiger partial charge in [-0.15, -0.1) is 0 Å². The standard InChI is InChI=1S/C22H24FN3O3S/c23-19-9-4-5-11-22(19)29-14-12-18-15-20(25-24-18)21-10-6-13-26(21)30(27,28)16-17-7-2-1-3-8-17/h1-5,7-9,11,15,21H,6,10,12-14,16H2,(H,24,25)/t21-/m1/s1. The fraction of sp³-hybridized carbons (Fsp3) is 0.318. The number of para-hydroxylation sites is 1. The molecule has 1 saturated heterocycles. The minimum absolute atomic E-state index is 0.0158. The highest BCUT2D eigenvalue weighted by Crippen LogP contribution is 2.34. The van der Waals surface area contributed by atoms with Crippen LogP contribution in [-0.4, -0.2) is 36.1 Å². The van der Waals surface area contributed by atoms with E-state index in [0.29, 0.717) is 25.3 Å². The predicted octanol–water partition coefficient (Wildman–Crippen LogP) is 3.84. The second-order valence-corrected chi connectivity index (χ2v) is 9.28. The third-order valence-electron chi connectivity index (χ3n) is 5.21. The number of rotatable bonds is 8. The zero-order valence-electron chi connectivity index (χ0n) is 16.5. The van der Waals surface area contributed by atoms with E-state index in [4.69, 9.17) is 4.74 Å². The van der Waals surface area contributed by atoms with E-state index in [2.05, 4.69) is 10.2 Å². The van der Waals surface area contributed by atoms with E-state index in [1.54, 1.807) is 22.5 Å². The number of halogens is 1. The molecule has 30 heavy (non-hydrogen) atoms. The topological polar surface area (TPSA) is 75.3 Å². The molecule has 1 aromatic heterocycles. The summed E-state index contributed by atoms with van der Waals surface area (Å²) >= 11 is 0. The van der Waals surface area contributed by atoms with Gasteiger partial charge in [0.05, 0.1) is 24.1 Å². The van der Waals surface area contributed by atoms with Crippen LogP contribution in [0.4, 0.5) is 4.39 Å². The first-order valence-corrected chi connectivity index (χ1v) is 11.6. The smallest absolute Gasteiger partial charge is 0.218 e. The number of nitrogens with zero attached hydrogens (tertiary/aromatic N) is 2. The minimum Gasteiger partial charge on any atom is -0.490 e. The van der Waals surface area contributed by atoms with E-state index >= 15 is 0 Å². The van der Waals surface area contributed by atoms with Crippen molar-refractivity contribution in [3.63, 3.8) is 0 Å². The number of aromatic nitrogens is 2. The van der Waals surface area contributed by atoms with E-state index in [1.807, 2.05) is 36.4 Å². The van der Waals surface area contributed by atoms with Gasteiger partial charge in [-0.3, -0.25) is 5.10 Å². The summed E-state index contributed by atoms with van der Waals surface area (Å²) < 4.78 is 46.7. The van der Waals surface area contributed by atoms with Crippen molar-refractivity contribution < 1.29 is 17.5 Å². The fourth-order valence-electron chi connectivity index (χ4n) is 3.75. The second kappa shape index (κ2) is 8.97. The van der Waals surface area contributed by atoms with Crippen molar-refractivity contribution in [2.75, 3.05) is 13.2 Å². The molecule has 0 aliphatic carbocycles. The molecule has 8 heteroatoms. The average molecular weight is 430 g/mol. The molecule has 1 N–H and O–H groups in total. The monoisotopic (exact) mass is 429 g/mol. The van der Waals surface area contributed by atoms with Crippen molar-refractivity contribution in [3.05, 3.63) is 83.4 Å². The Morgan fingerprint density at radius 1 is 1.13 bits per heavy atom. The van der Waals surface area contributed by atoms with Crippen molar-refractivity contribution in [1.29, 1.82) is 0 Å². The summed E-state index contributed by atoms with van der Waals surface area (Å²) in [5, 5.41) is 7.31. The van der Waals surface area contributed by atoms with Crippen molar-refractivity contribution in [2.24, 2.45) is 0 Å². The van der Waals surface area contributed by atoms with Crippen LogP contribution >= 0.6 is 0 Å². The van der Waals surface area contributed by atoms with E-state index in [0.717, 1.165) is 24.1 Å². The van der Waals surface area contributed by atoms with E-state index in [-0.39, 0.29) is 17.5 Å². The average Bonchev–Trinajstić information content (AvgIpc) is 3.39. The maximum Gasteiger partial charge on any atom is 0.218 e. The molecule has 0 saturated carbocycles. The van der Waals surface area contributed by atoms with Crippen LogP contribution in [0.2, 0.25) is 0 Å². The van der Waals surface area contributed by atoms with Gasteiger partial charge < -0.3 is 4.74 Å². The molecule has 4 rings (SSSR count). The first-order valence-electron chi connectivity index (χ1n) is 9.98. The number of nitrogens with one attached hydrogen (secondary N) is 1. The Morgan fingerprint density at radius 2 is 1.90 bits per heavy atom. The summed E-state index contributed by atoms with van der Waals surface area (Å²) in [5.74, 6) is -0.197. The maximum atomic E-state index is 13.6. The van der Waals surface area contributed by atoms with Crippen LogP contribution in [0.3, 0.4) is 0 Å². The molecule has 1 fully saturated rings. The minimum atomic E-state index is -3.45. The lowest BCUT2D eigenvalue weighted by Gasteiger charge is -2.22. The van der Waals surface area contributed by atoms with Gasteiger partial charge in [0.1, 0.15) is 0 Å². The summed E-state index contributed by atoms with van der Waals surface area (Å²) in [6.07, 6.45) is 2.06. The highest BCUT2D eigenvalue weighted by molar-refractivity contribution is 7.88. The SMILES string of the molecule is O=S(=O)(Cc1ccccc1)N1CCC[C@@H]1c1cc(CCOc2ccccc2F)[nH]n1. The lowest BCUT2D eigenvalue weighted by Crippen LogP contribution is -2.31. The normalized spacial score (nSPS) is 17.3. The number of hydrogen-bond acceptors (Lipinski definition) is 4. The summed E-state index contributed by atoms with van der Waals surface area (Å²) in [6, 6.07) is 17.1. The van der Waals surface area contributed by atoms with E-state index in [1.165, 1.54) is 6.07 Å². The summed E-state index contributed by atoms with van der Waals surface area (Å²) in [5.41, 5.74) is 2.31. The maximum absolute atomic E-state index is 13.6. The van der Waals surface area contributed by atoms with Gasteiger partial charge in [0.2, 0.25) is 10.0 Å². The summed E-state index contributed by atoms with van der Waals surface area (Å²) in [6.45, 7) is 0.793. The molecule has 3 aromatic rings. The van der Waals surface area contributed by atoms with Gasteiger partial charge in [-0.25, -0.2) is 12.8 Å². The molecular weight excluding hydrogens is 405 g/mol. The summed E-state index contributed by atoms with van der Waals surface area (Å²) in [4.78, 5) is 0. The van der Waals surface area contributed by atoms with Gasteiger partial charge in [0.15, 0.2) is 11.6 Å². The van der Waals surface area contributed by atoms with Crippen LogP contribution in [0.15, 0.2) is 60.7 Å². The molecule has 2 aromatic carbocycles. The van der Waals surface area contributed by atoms with Crippen LogP contribution in [-0.2, 0) is 22.2 Å². The second-order valence-electron chi connectivity index (χ2n) is 7.36. The van der Waals surface area contributed by atoms with Gasteiger partial charge in [0, 0.05) is 18.7 Å². The Kier molecular flexibility index (Phi) is 6.15. The van der Waals surface area contributed by atoms with Crippen LogP contribution in [0.25, 0.3) is 0 Å². The van der Waals surface area contributed by atoms with Crippen molar-refractivity contribution in [1.82, 2.24) is 14.5 Å². The predicted molar refractivity (Wildman–Crippen MR) is 112 cm³/mol. The molecule has 1 aliphatic rings. The molecule has 158 valence electrons. The van der Waals surface area contributed by atoms with Crippen LogP contribution in [0.5, 0.6) is 5.75 Å². The molecule has 1 aliphatic heterocycles. The van der Waals surface area contributed by atoms with Gasteiger partial charge in [-0.1, -0.05) is 42.5 Å². The Balaban J connectivity index is 1.40. The number of aromatic amines is 1. The molecule has 0 bridgehead atoms. The molecule has 0 radical (unpaired) electrons. The third kappa shape index (κ3) is 4.71. The van der Waals surface area contributed by atoms with Crippen molar-refractivity contribution >= 4 is 10.0 Å². The first kappa shape index (κ1) is 20.6. The number of H-pyrrole nitrogens is 1. The molecule has 1 atom stereocenters. The van der Waals surface area contributed by atoms with Crippen molar-refractivity contribution in [2.45, 2.75) is 31.1 Å². The van der Waals surface area contributed by atoms with Gasteiger partial charge >= 0.3 is 0 Å². The Labute approximate surface area is 175 Å². The number of sulfonamides is 1. The fourth-order valence-corrected chi connectivity index (χ4v) is 5.54. The molecular formula is C22H24FN3O3S. The number of hydrogen-bond donors (Lipinski definition) is 1. The molecule has 0 unspecified atom stereocenters. The Hall–Kier alpha value is -2.71. The van der Waals surface area contributed by atoms with Crippen LogP contribution in [0, 0.1) is 5.82 Å². The Bertz CT molecular complexity index is 1090. The number of benzene rings is 2. The highest BCUT2D eigenvalue weighted by Gasteiger charge is 2.36.